The van der Waals surface area contributed by atoms with E-state index < -0.39 is 47.0 Å². The number of anilines is 1. The second kappa shape index (κ2) is 9.48. The Hall–Kier alpha value is -3.56. The highest BCUT2D eigenvalue weighted by atomic mass is 19.2. The van der Waals surface area contributed by atoms with Crippen LogP contribution in [0.3, 0.4) is 0 Å². The second-order valence-corrected chi connectivity index (χ2v) is 9.28. The Balaban J connectivity index is 1.49. The fourth-order valence-electron chi connectivity index (χ4n) is 5.04. The number of aryl methyl sites for hydroxylation is 2. The van der Waals surface area contributed by atoms with Crippen LogP contribution in [0.2, 0.25) is 0 Å². The van der Waals surface area contributed by atoms with Gasteiger partial charge in [0.25, 0.3) is 0 Å². The van der Waals surface area contributed by atoms with E-state index in [-0.39, 0.29) is 11.6 Å². The zero-order valence-electron chi connectivity index (χ0n) is 19.1. The molecule has 5 nitrogen and oxygen atoms in total. The number of rotatable bonds is 5. The van der Waals surface area contributed by atoms with E-state index >= 15 is 0 Å². The summed E-state index contributed by atoms with van der Waals surface area (Å²) in [6.45, 7) is 0. The minimum atomic E-state index is -2.28. The van der Waals surface area contributed by atoms with Gasteiger partial charge in [-0.2, -0.15) is 0 Å². The molecule has 1 amide bonds. The van der Waals surface area contributed by atoms with Crippen LogP contribution in [0.25, 0.3) is 11.3 Å². The van der Waals surface area contributed by atoms with Crippen LogP contribution >= 0.6 is 0 Å². The van der Waals surface area contributed by atoms with E-state index in [1.54, 1.807) is 18.2 Å². The van der Waals surface area contributed by atoms with Crippen molar-refractivity contribution in [3.63, 3.8) is 0 Å². The Bertz CT molecular complexity index is 1340. The highest BCUT2D eigenvalue weighted by Gasteiger charge is 2.29. The molecule has 0 atom stereocenters. The quantitative estimate of drug-likeness (QED) is 0.272. The molecule has 2 N–H and O–H groups in total. The maximum Gasteiger partial charge on any atom is 0.230 e. The van der Waals surface area contributed by atoms with Crippen LogP contribution in [0.1, 0.15) is 48.2 Å². The largest absolute Gasteiger partial charge is 0.508 e. The fourth-order valence-corrected chi connectivity index (χ4v) is 5.04. The Morgan fingerprint density at radius 2 is 1.61 bits per heavy atom. The molecule has 2 aliphatic rings. The van der Waals surface area contributed by atoms with E-state index in [1.807, 2.05) is 0 Å². The summed E-state index contributed by atoms with van der Waals surface area (Å²) in [4.78, 5) is 22.1. The van der Waals surface area contributed by atoms with Gasteiger partial charge in [0.2, 0.25) is 11.7 Å². The summed E-state index contributed by atoms with van der Waals surface area (Å²) in [5.74, 6) is -10.9. The molecule has 5 rings (SSSR count). The number of benzene rings is 2. The number of nitrogens with one attached hydrogen (secondary N) is 1. The molecule has 0 saturated heterocycles. The standard InChI is InChI=1S/C26H22F5N3O2/c27-20-16(21(28)23(30)24(31)22(20)29)11-19(36)34-26-18(9-12-3-1-2-4-12)32-25-15-7-6-14(35)10-13(15)5-8-17(25)33-26/h6-7,10,12,35H,1-5,8-9,11H2,(H,33,34,36). The van der Waals surface area contributed by atoms with Crippen molar-refractivity contribution >= 4 is 11.7 Å². The van der Waals surface area contributed by atoms with Crippen LogP contribution in [0.5, 0.6) is 5.75 Å². The zero-order valence-corrected chi connectivity index (χ0v) is 19.1. The summed E-state index contributed by atoms with van der Waals surface area (Å²) in [6, 6.07) is 5.00. The van der Waals surface area contributed by atoms with Gasteiger partial charge < -0.3 is 10.4 Å². The number of carbonyl (C=O) groups is 1. The van der Waals surface area contributed by atoms with Crippen LogP contribution in [-0.4, -0.2) is 21.0 Å². The number of phenolic OH excluding ortho intramolecular Hbond substituents is 1. The SMILES string of the molecule is O=C(Cc1c(F)c(F)c(F)c(F)c1F)Nc1nc2c(nc1CC1CCCC1)-c1ccc(O)cc1CC2. The predicted molar refractivity (Wildman–Crippen MR) is 121 cm³/mol. The van der Waals surface area contributed by atoms with Crippen molar-refractivity contribution in [2.24, 2.45) is 5.92 Å². The molecule has 0 aliphatic heterocycles. The molecule has 1 saturated carbocycles. The van der Waals surface area contributed by atoms with Crippen molar-refractivity contribution in [1.82, 2.24) is 9.97 Å². The first-order chi connectivity index (χ1) is 17.2. The Morgan fingerprint density at radius 1 is 0.944 bits per heavy atom. The molecule has 1 fully saturated rings. The number of fused-ring (bicyclic) bond motifs is 3. The molecule has 2 aromatic carbocycles. The highest BCUT2D eigenvalue weighted by molar-refractivity contribution is 5.92. The number of aromatic hydroxyl groups is 1. The third-order valence-electron chi connectivity index (χ3n) is 6.87. The molecule has 0 spiro atoms. The molecule has 0 radical (unpaired) electrons. The molecule has 0 bridgehead atoms. The van der Waals surface area contributed by atoms with Crippen molar-refractivity contribution in [3.8, 4) is 17.0 Å². The molecule has 3 aromatic rings. The molecule has 1 aromatic heterocycles. The molecule has 2 aliphatic carbocycles. The number of hydrogen-bond acceptors (Lipinski definition) is 4. The van der Waals surface area contributed by atoms with Gasteiger partial charge in [0.1, 0.15) is 5.75 Å². The first kappa shape index (κ1) is 24.1. The molecular formula is C26H22F5N3O2. The number of carbonyl (C=O) groups excluding carboxylic acids is 1. The van der Waals surface area contributed by atoms with Gasteiger partial charge >= 0.3 is 0 Å². The lowest BCUT2D eigenvalue weighted by molar-refractivity contribution is -0.115. The Kier molecular flexibility index (Phi) is 6.36. The molecule has 36 heavy (non-hydrogen) atoms. The summed E-state index contributed by atoms with van der Waals surface area (Å²) in [7, 11) is 0. The lowest BCUT2D eigenvalue weighted by Gasteiger charge is -2.22. The van der Waals surface area contributed by atoms with Gasteiger partial charge in [0, 0.05) is 11.1 Å². The van der Waals surface area contributed by atoms with Gasteiger partial charge in [-0.15, -0.1) is 0 Å². The maximum absolute atomic E-state index is 14.1. The van der Waals surface area contributed by atoms with E-state index in [2.05, 4.69) is 10.3 Å². The third-order valence-corrected chi connectivity index (χ3v) is 6.87. The van der Waals surface area contributed by atoms with Crippen molar-refractivity contribution in [3.05, 3.63) is 69.8 Å². The fraction of sp³-hybridized carbons (Fsp3) is 0.346. The van der Waals surface area contributed by atoms with Gasteiger partial charge in [-0.1, -0.05) is 25.7 Å². The number of nitrogens with zero attached hydrogens (tertiary/aromatic N) is 2. The van der Waals surface area contributed by atoms with Crippen molar-refractivity contribution in [1.29, 1.82) is 0 Å². The summed E-state index contributed by atoms with van der Waals surface area (Å²) in [5, 5.41) is 12.3. The van der Waals surface area contributed by atoms with Crippen LogP contribution in [-0.2, 0) is 30.5 Å². The molecule has 1 heterocycles. The maximum atomic E-state index is 14.1. The normalized spacial score (nSPS) is 15.0. The minimum absolute atomic E-state index is 0.122. The second-order valence-electron chi connectivity index (χ2n) is 9.28. The highest BCUT2D eigenvalue weighted by Crippen LogP contribution is 2.36. The first-order valence-electron chi connectivity index (χ1n) is 11.7. The van der Waals surface area contributed by atoms with Gasteiger partial charge in [-0.25, -0.2) is 31.9 Å². The number of hydrogen-bond donors (Lipinski definition) is 2. The first-order valence-corrected chi connectivity index (χ1v) is 11.7. The van der Waals surface area contributed by atoms with Gasteiger partial charge in [0.15, 0.2) is 29.1 Å². The average molecular weight is 503 g/mol. The van der Waals surface area contributed by atoms with E-state index in [0.29, 0.717) is 42.3 Å². The van der Waals surface area contributed by atoms with E-state index in [0.717, 1.165) is 36.8 Å². The predicted octanol–water partition coefficient (Wildman–Crippen LogP) is 5.56. The van der Waals surface area contributed by atoms with Crippen molar-refractivity contribution in [2.45, 2.75) is 51.4 Å². The summed E-state index contributed by atoms with van der Waals surface area (Å²) in [5.41, 5.74) is 2.28. The molecule has 0 unspecified atom stereocenters. The lowest BCUT2D eigenvalue weighted by atomic mass is 9.91. The summed E-state index contributed by atoms with van der Waals surface area (Å²) in [6.07, 6.45) is 4.66. The smallest absolute Gasteiger partial charge is 0.230 e. The summed E-state index contributed by atoms with van der Waals surface area (Å²) < 4.78 is 68.7. The van der Waals surface area contributed by atoms with Gasteiger partial charge in [-0.3, -0.25) is 4.79 Å². The van der Waals surface area contributed by atoms with Crippen LogP contribution in [0.15, 0.2) is 18.2 Å². The lowest BCUT2D eigenvalue weighted by Crippen LogP contribution is -2.22. The number of amides is 1. The molecule has 188 valence electrons. The number of aromatic nitrogens is 2. The Labute approximate surface area is 203 Å². The average Bonchev–Trinajstić information content (AvgIpc) is 3.37. The van der Waals surface area contributed by atoms with Gasteiger partial charge in [-0.05, 0) is 48.9 Å². The third kappa shape index (κ3) is 4.40. The van der Waals surface area contributed by atoms with Crippen LogP contribution in [0, 0.1) is 35.0 Å². The monoisotopic (exact) mass is 503 g/mol. The van der Waals surface area contributed by atoms with Crippen LogP contribution < -0.4 is 5.32 Å². The minimum Gasteiger partial charge on any atom is -0.508 e. The number of phenols is 1. The zero-order chi connectivity index (χ0) is 25.6. The van der Waals surface area contributed by atoms with Gasteiger partial charge in [0.05, 0.1) is 23.5 Å². The topological polar surface area (TPSA) is 75.1 Å². The molecular weight excluding hydrogens is 481 g/mol. The summed E-state index contributed by atoms with van der Waals surface area (Å²) >= 11 is 0. The van der Waals surface area contributed by atoms with E-state index in [9.17, 15) is 31.9 Å². The molecule has 10 heteroatoms. The number of halogens is 5. The van der Waals surface area contributed by atoms with E-state index in [4.69, 9.17) is 4.98 Å². The van der Waals surface area contributed by atoms with Crippen molar-refractivity contribution < 1.29 is 31.9 Å². The van der Waals surface area contributed by atoms with Crippen molar-refractivity contribution in [2.75, 3.05) is 5.32 Å². The van der Waals surface area contributed by atoms with Crippen LogP contribution in [0.4, 0.5) is 27.8 Å². The van der Waals surface area contributed by atoms with E-state index in [1.165, 1.54) is 0 Å². The Morgan fingerprint density at radius 3 is 2.31 bits per heavy atom.